The Morgan fingerprint density at radius 3 is 2.56 bits per heavy atom. The van der Waals surface area contributed by atoms with E-state index in [0.717, 1.165) is 5.69 Å². The minimum atomic E-state index is 0.405. The van der Waals surface area contributed by atoms with Crippen molar-refractivity contribution >= 4 is 0 Å². The molecule has 0 aliphatic rings. The number of hydrogen-bond donors (Lipinski definition) is 0. The van der Waals surface area contributed by atoms with Gasteiger partial charge in [0.05, 0.1) is 5.69 Å². The first-order valence-corrected chi connectivity index (χ1v) is 2.87. The standard InChI is InChI=1S/C6H9N3/c1-5(2)6-4-9(3)8-7-6/h3-5H,1-2H3. The second kappa shape index (κ2) is 2.17. The molecular formula is C6H9N3. The smallest absolute Gasteiger partial charge is 0.103 e. The summed E-state index contributed by atoms with van der Waals surface area (Å²) in [5.74, 6) is 0.405. The Bertz CT molecular complexity index is 190. The van der Waals surface area contributed by atoms with Crippen LogP contribution < -0.4 is 0 Å². The maximum absolute atomic E-state index is 5.26. The predicted octanol–water partition coefficient (Wildman–Crippen LogP) is 0.918. The third-order valence-electron chi connectivity index (χ3n) is 1.12. The molecule has 0 aliphatic carbocycles. The molecule has 0 aromatic carbocycles. The molecule has 0 bridgehead atoms. The monoisotopic (exact) mass is 123 g/mol. The van der Waals surface area contributed by atoms with E-state index in [2.05, 4.69) is 10.3 Å². The Labute approximate surface area is 54.7 Å². The van der Waals surface area contributed by atoms with Crippen molar-refractivity contribution in [3.05, 3.63) is 18.9 Å². The van der Waals surface area contributed by atoms with Crippen molar-refractivity contribution in [2.24, 2.45) is 0 Å². The maximum Gasteiger partial charge on any atom is 0.103 e. The molecular weight excluding hydrogens is 114 g/mol. The normalized spacial score (nSPS) is 10.7. The molecule has 0 fully saturated rings. The summed E-state index contributed by atoms with van der Waals surface area (Å²) in [5.41, 5.74) is 0.928. The lowest BCUT2D eigenvalue weighted by atomic mass is 10.2. The number of aromatic nitrogens is 3. The van der Waals surface area contributed by atoms with Crippen molar-refractivity contribution < 1.29 is 0 Å². The lowest BCUT2D eigenvalue weighted by Gasteiger charge is -1.93. The summed E-state index contributed by atoms with van der Waals surface area (Å²) < 4.78 is 1.22. The van der Waals surface area contributed by atoms with Gasteiger partial charge in [-0.2, -0.15) is 0 Å². The van der Waals surface area contributed by atoms with Gasteiger partial charge >= 0.3 is 0 Å². The molecule has 1 aromatic rings. The minimum absolute atomic E-state index is 0.405. The van der Waals surface area contributed by atoms with Crippen LogP contribution in [0.1, 0.15) is 25.5 Å². The van der Waals surface area contributed by atoms with Crippen molar-refractivity contribution in [2.45, 2.75) is 19.8 Å². The van der Waals surface area contributed by atoms with Gasteiger partial charge in [-0.1, -0.05) is 19.1 Å². The van der Waals surface area contributed by atoms with Gasteiger partial charge in [-0.05, 0) is 5.92 Å². The summed E-state index contributed by atoms with van der Waals surface area (Å²) in [5, 5.41) is 7.39. The van der Waals surface area contributed by atoms with Crippen LogP contribution in [0.25, 0.3) is 0 Å². The van der Waals surface area contributed by atoms with Crippen LogP contribution in [0.5, 0.6) is 0 Å². The summed E-state index contributed by atoms with van der Waals surface area (Å²) in [7, 11) is 5.26. The molecule has 0 saturated heterocycles. The van der Waals surface area contributed by atoms with Crippen LogP contribution in [-0.2, 0) is 0 Å². The topological polar surface area (TPSA) is 30.7 Å². The third-order valence-corrected chi connectivity index (χ3v) is 1.12. The van der Waals surface area contributed by atoms with E-state index in [1.54, 1.807) is 6.20 Å². The van der Waals surface area contributed by atoms with Gasteiger partial charge in [0.15, 0.2) is 0 Å². The second-order valence-corrected chi connectivity index (χ2v) is 2.28. The first-order chi connectivity index (χ1) is 4.20. The van der Waals surface area contributed by atoms with Gasteiger partial charge in [0.1, 0.15) is 7.05 Å². The minimum Gasteiger partial charge on any atom is -0.245 e. The maximum atomic E-state index is 5.26. The van der Waals surface area contributed by atoms with Crippen molar-refractivity contribution in [3.63, 3.8) is 0 Å². The summed E-state index contributed by atoms with van der Waals surface area (Å²) in [6.07, 6.45) is 1.71. The highest BCUT2D eigenvalue weighted by atomic mass is 15.4. The van der Waals surface area contributed by atoms with Crippen LogP contribution in [0.3, 0.4) is 0 Å². The highest BCUT2D eigenvalue weighted by Gasteiger charge is 2.01. The van der Waals surface area contributed by atoms with Gasteiger partial charge in [0, 0.05) is 6.20 Å². The summed E-state index contributed by atoms with van der Waals surface area (Å²) in [4.78, 5) is 0. The summed E-state index contributed by atoms with van der Waals surface area (Å²) in [6.45, 7) is 4.09. The molecule has 3 heteroatoms. The van der Waals surface area contributed by atoms with Crippen LogP contribution in [-0.4, -0.2) is 15.0 Å². The van der Waals surface area contributed by atoms with Gasteiger partial charge < -0.3 is 0 Å². The van der Waals surface area contributed by atoms with Crippen LogP contribution in [0.15, 0.2) is 6.20 Å². The molecule has 0 aliphatic heterocycles. The molecule has 0 atom stereocenters. The van der Waals surface area contributed by atoms with E-state index in [9.17, 15) is 0 Å². The number of rotatable bonds is 1. The molecule has 0 saturated carbocycles. The van der Waals surface area contributed by atoms with E-state index >= 15 is 0 Å². The third kappa shape index (κ3) is 1.28. The predicted molar refractivity (Wildman–Crippen MR) is 33.8 cm³/mol. The zero-order valence-corrected chi connectivity index (χ0v) is 5.57. The van der Waals surface area contributed by atoms with Crippen LogP contribution in [0.2, 0.25) is 0 Å². The van der Waals surface area contributed by atoms with Crippen LogP contribution in [0, 0.1) is 7.05 Å². The van der Waals surface area contributed by atoms with Gasteiger partial charge in [-0.25, -0.2) is 4.68 Å². The Hall–Kier alpha value is -0.860. The quantitative estimate of drug-likeness (QED) is 0.556. The first kappa shape index (κ1) is 6.26. The van der Waals surface area contributed by atoms with Crippen molar-refractivity contribution in [2.75, 3.05) is 0 Å². The van der Waals surface area contributed by atoms with Crippen molar-refractivity contribution in [1.82, 2.24) is 15.0 Å². The molecule has 0 amide bonds. The number of nitrogens with zero attached hydrogens (tertiary/aromatic N) is 3. The van der Waals surface area contributed by atoms with E-state index in [1.807, 2.05) is 13.8 Å². The highest BCUT2D eigenvalue weighted by molar-refractivity contribution is 4.98. The van der Waals surface area contributed by atoms with E-state index < -0.39 is 0 Å². The summed E-state index contributed by atoms with van der Waals surface area (Å²) in [6, 6.07) is 0. The average Bonchev–Trinajstić information content (AvgIpc) is 2.14. The zero-order valence-electron chi connectivity index (χ0n) is 5.57. The molecule has 2 radical (unpaired) electrons. The first-order valence-electron chi connectivity index (χ1n) is 2.87. The molecule has 0 spiro atoms. The molecule has 1 aromatic heterocycles. The lowest BCUT2D eigenvalue weighted by Crippen LogP contribution is -1.85. The second-order valence-electron chi connectivity index (χ2n) is 2.28. The van der Waals surface area contributed by atoms with E-state index in [1.165, 1.54) is 4.68 Å². The molecule has 0 N–H and O–H groups in total. The van der Waals surface area contributed by atoms with E-state index in [-0.39, 0.29) is 0 Å². The average molecular weight is 123 g/mol. The molecule has 3 nitrogen and oxygen atoms in total. The SMILES string of the molecule is [CH]n1cc(C(C)C)nn1. The zero-order chi connectivity index (χ0) is 6.85. The van der Waals surface area contributed by atoms with E-state index in [0.29, 0.717) is 5.92 Å². The fourth-order valence-corrected chi connectivity index (χ4v) is 0.555. The molecule has 1 rings (SSSR count). The molecule has 1 heterocycles. The molecule has 48 valence electrons. The molecule has 9 heavy (non-hydrogen) atoms. The Morgan fingerprint density at radius 2 is 2.33 bits per heavy atom. The summed E-state index contributed by atoms with van der Waals surface area (Å²) >= 11 is 0. The van der Waals surface area contributed by atoms with Crippen molar-refractivity contribution in [3.8, 4) is 0 Å². The van der Waals surface area contributed by atoms with Gasteiger partial charge in [-0.15, -0.1) is 5.10 Å². The fraction of sp³-hybridized carbons (Fsp3) is 0.500. The van der Waals surface area contributed by atoms with Gasteiger partial charge in [0.25, 0.3) is 0 Å². The Kier molecular flexibility index (Phi) is 1.51. The highest BCUT2D eigenvalue weighted by Crippen LogP contribution is 2.07. The van der Waals surface area contributed by atoms with Gasteiger partial charge in [0.2, 0.25) is 0 Å². The lowest BCUT2D eigenvalue weighted by molar-refractivity contribution is 0.774. The molecule has 0 unspecified atom stereocenters. The Morgan fingerprint density at radius 1 is 1.67 bits per heavy atom. The largest absolute Gasteiger partial charge is 0.245 e. The van der Waals surface area contributed by atoms with Crippen molar-refractivity contribution in [1.29, 1.82) is 0 Å². The van der Waals surface area contributed by atoms with Crippen LogP contribution in [0.4, 0.5) is 0 Å². The van der Waals surface area contributed by atoms with Crippen LogP contribution >= 0.6 is 0 Å². The Balaban J connectivity index is 2.85. The number of hydrogen-bond acceptors (Lipinski definition) is 2. The fourth-order valence-electron chi connectivity index (χ4n) is 0.555. The van der Waals surface area contributed by atoms with Gasteiger partial charge in [-0.3, -0.25) is 0 Å². The van der Waals surface area contributed by atoms with E-state index in [4.69, 9.17) is 7.05 Å².